The molecule has 2 aliphatic rings. The molecule has 35 heavy (non-hydrogen) atoms. The molecule has 2 saturated carbocycles. The molecular formula is C30H38N4O. The number of carbonyl (C=O) groups excluding carboxylic acids is 1. The van der Waals surface area contributed by atoms with Crippen LogP contribution in [0.2, 0.25) is 0 Å². The van der Waals surface area contributed by atoms with Gasteiger partial charge in [0.05, 0.1) is 11.9 Å². The van der Waals surface area contributed by atoms with E-state index in [1.807, 2.05) is 30.5 Å². The number of amides is 1. The van der Waals surface area contributed by atoms with Crippen molar-refractivity contribution in [2.75, 3.05) is 10.6 Å². The third kappa shape index (κ3) is 6.33. The summed E-state index contributed by atoms with van der Waals surface area (Å²) in [5, 5.41) is 6.83. The van der Waals surface area contributed by atoms with Crippen LogP contribution in [0.15, 0.2) is 54.7 Å². The third-order valence-corrected chi connectivity index (χ3v) is 7.65. The molecule has 0 saturated heterocycles. The molecule has 0 unspecified atom stereocenters. The van der Waals surface area contributed by atoms with Crippen molar-refractivity contribution in [1.29, 1.82) is 0 Å². The molecule has 0 spiro atoms. The average Bonchev–Trinajstić information content (AvgIpc) is 3.06. The Balaban J connectivity index is 1.19. The smallest absolute Gasteiger partial charge is 0.227 e. The van der Waals surface area contributed by atoms with Crippen LogP contribution in [-0.2, 0) is 4.79 Å². The third-order valence-electron chi connectivity index (χ3n) is 7.65. The van der Waals surface area contributed by atoms with E-state index in [9.17, 15) is 4.79 Å². The second-order valence-corrected chi connectivity index (χ2v) is 10.3. The Morgan fingerprint density at radius 1 is 0.714 bits per heavy atom. The molecule has 3 aromatic rings. The predicted molar refractivity (Wildman–Crippen MR) is 144 cm³/mol. The highest BCUT2D eigenvalue weighted by atomic mass is 16.1. The minimum atomic E-state index is 0.151. The van der Waals surface area contributed by atoms with E-state index < -0.39 is 0 Å². The molecule has 2 fully saturated rings. The van der Waals surface area contributed by atoms with Gasteiger partial charge in [0.2, 0.25) is 5.91 Å². The van der Waals surface area contributed by atoms with Gasteiger partial charge in [0.1, 0.15) is 5.82 Å². The number of imidazole rings is 1. The first-order valence-electron chi connectivity index (χ1n) is 13.6. The van der Waals surface area contributed by atoms with E-state index in [1.54, 1.807) is 0 Å². The maximum Gasteiger partial charge on any atom is 0.227 e. The molecule has 5 rings (SSSR count). The van der Waals surface area contributed by atoms with Crippen LogP contribution in [0.1, 0.15) is 77.0 Å². The number of hydrogen-bond acceptors (Lipinski definition) is 3. The van der Waals surface area contributed by atoms with Crippen molar-refractivity contribution in [1.82, 2.24) is 9.97 Å². The van der Waals surface area contributed by atoms with Gasteiger partial charge in [-0.1, -0.05) is 63.5 Å². The van der Waals surface area contributed by atoms with Crippen molar-refractivity contribution in [3.8, 4) is 22.6 Å². The minimum Gasteiger partial charge on any atom is -0.382 e. The highest BCUT2D eigenvalue weighted by molar-refractivity contribution is 5.92. The molecule has 184 valence electrons. The van der Waals surface area contributed by atoms with Crippen molar-refractivity contribution >= 4 is 17.3 Å². The zero-order valence-corrected chi connectivity index (χ0v) is 20.7. The first-order chi connectivity index (χ1) is 17.2. The zero-order chi connectivity index (χ0) is 23.9. The van der Waals surface area contributed by atoms with Gasteiger partial charge in [-0.2, -0.15) is 0 Å². The molecule has 5 heteroatoms. The Morgan fingerprint density at radius 2 is 1.29 bits per heavy atom. The van der Waals surface area contributed by atoms with Gasteiger partial charge in [0.15, 0.2) is 0 Å². The van der Waals surface area contributed by atoms with Gasteiger partial charge < -0.3 is 15.6 Å². The van der Waals surface area contributed by atoms with Crippen LogP contribution in [0.25, 0.3) is 22.6 Å². The lowest BCUT2D eigenvalue weighted by molar-refractivity contribution is -0.120. The number of H-pyrrole nitrogens is 1. The fourth-order valence-corrected chi connectivity index (χ4v) is 5.52. The number of nitrogens with one attached hydrogen (secondary N) is 3. The normalized spacial score (nSPS) is 17.9. The molecule has 1 heterocycles. The van der Waals surface area contributed by atoms with E-state index in [4.69, 9.17) is 0 Å². The number of benzene rings is 2. The maximum absolute atomic E-state index is 12.7. The fraction of sp³-hybridized carbons (Fsp3) is 0.467. The summed E-state index contributed by atoms with van der Waals surface area (Å²) >= 11 is 0. The SMILES string of the molecule is O=C(Nc1ccc(-c2ncc(-c3ccc(NC4CCCCCC4)cc3)[nH]2)cc1)C1CCCCCC1. The Bertz CT molecular complexity index is 1070. The van der Waals surface area contributed by atoms with E-state index in [-0.39, 0.29) is 11.8 Å². The Labute approximate surface area is 209 Å². The second-order valence-electron chi connectivity index (χ2n) is 10.3. The first-order valence-corrected chi connectivity index (χ1v) is 13.6. The largest absolute Gasteiger partial charge is 0.382 e. The van der Waals surface area contributed by atoms with Crippen LogP contribution < -0.4 is 10.6 Å². The van der Waals surface area contributed by atoms with Crippen molar-refractivity contribution in [3.63, 3.8) is 0 Å². The maximum atomic E-state index is 12.7. The molecule has 3 N–H and O–H groups in total. The molecule has 0 atom stereocenters. The zero-order valence-electron chi connectivity index (χ0n) is 20.7. The number of nitrogens with zero attached hydrogens (tertiary/aromatic N) is 1. The Morgan fingerprint density at radius 3 is 1.94 bits per heavy atom. The number of carbonyl (C=O) groups is 1. The first kappa shape index (κ1) is 23.7. The summed E-state index contributed by atoms with van der Waals surface area (Å²) in [6, 6.07) is 17.2. The van der Waals surface area contributed by atoms with E-state index in [0.717, 1.165) is 54.0 Å². The van der Waals surface area contributed by atoms with Gasteiger partial charge in [-0.15, -0.1) is 0 Å². The highest BCUT2D eigenvalue weighted by Crippen LogP contribution is 2.27. The number of anilines is 2. The van der Waals surface area contributed by atoms with Gasteiger partial charge in [-0.3, -0.25) is 4.79 Å². The quantitative estimate of drug-likeness (QED) is 0.322. The predicted octanol–water partition coefficient (Wildman–Crippen LogP) is 7.79. The molecule has 5 nitrogen and oxygen atoms in total. The van der Waals surface area contributed by atoms with Crippen LogP contribution in [0.4, 0.5) is 11.4 Å². The summed E-state index contributed by atoms with van der Waals surface area (Å²) in [5.41, 5.74) is 5.19. The topological polar surface area (TPSA) is 69.8 Å². The summed E-state index contributed by atoms with van der Waals surface area (Å²) in [7, 11) is 0. The minimum absolute atomic E-state index is 0.151. The molecule has 0 radical (unpaired) electrons. The monoisotopic (exact) mass is 470 g/mol. The fourth-order valence-electron chi connectivity index (χ4n) is 5.52. The molecule has 1 aromatic heterocycles. The molecular weight excluding hydrogens is 432 g/mol. The van der Waals surface area contributed by atoms with Crippen molar-refractivity contribution in [2.24, 2.45) is 5.92 Å². The van der Waals surface area contributed by atoms with E-state index in [0.29, 0.717) is 6.04 Å². The van der Waals surface area contributed by atoms with Gasteiger partial charge in [0, 0.05) is 28.9 Å². The van der Waals surface area contributed by atoms with Crippen LogP contribution in [-0.4, -0.2) is 21.9 Å². The summed E-state index contributed by atoms with van der Waals surface area (Å²) in [4.78, 5) is 20.7. The highest BCUT2D eigenvalue weighted by Gasteiger charge is 2.20. The summed E-state index contributed by atoms with van der Waals surface area (Å²) in [6.07, 6.45) is 16.7. The molecule has 0 bridgehead atoms. The van der Waals surface area contributed by atoms with Crippen LogP contribution in [0.3, 0.4) is 0 Å². The van der Waals surface area contributed by atoms with Gasteiger partial charge >= 0.3 is 0 Å². The van der Waals surface area contributed by atoms with Gasteiger partial charge in [0.25, 0.3) is 0 Å². The molecule has 2 aromatic carbocycles. The molecule has 1 amide bonds. The van der Waals surface area contributed by atoms with Gasteiger partial charge in [-0.05, 0) is 67.6 Å². The second kappa shape index (κ2) is 11.6. The van der Waals surface area contributed by atoms with Crippen molar-refractivity contribution < 1.29 is 4.79 Å². The Kier molecular flexibility index (Phi) is 7.82. The van der Waals surface area contributed by atoms with Crippen molar-refractivity contribution in [3.05, 3.63) is 54.7 Å². The number of aromatic amines is 1. The number of rotatable bonds is 6. The van der Waals surface area contributed by atoms with Crippen molar-refractivity contribution in [2.45, 2.75) is 83.1 Å². The summed E-state index contributed by atoms with van der Waals surface area (Å²) in [6.45, 7) is 0. The average molecular weight is 471 g/mol. The van der Waals surface area contributed by atoms with Crippen LogP contribution >= 0.6 is 0 Å². The van der Waals surface area contributed by atoms with Gasteiger partial charge in [-0.25, -0.2) is 4.98 Å². The lowest BCUT2D eigenvalue weighted by Crippen LogP contribution is -2.22. The van der Waals surface area contributed by atoms with E-state index in [2.05, 4.69) is 44.9 Å². The lowest BCUT2D eigenvalue weighted by Gasteiger charge is -2.17. The van der Waals surface area contributed by atoms with E-state index in [1.165, 1.54) is 57.1 Å². The van der Waals surface area contributed by atoms with Crippen LogP contribution in [0.5, 0.6) is 0 Å². The Hall–Kier alpha value is -3.08. The van der Waals surface area contributed by atoms with Crippen LogP contribution in [0, 0.1) is 5.92 Å². The molecule has 0 aliphatic heterocycles. The van der Waals surface area contributed by atoms with E-state index >= 15 is 0 Å². The lowest BCUT2D eigenvalue weighted by atomic mass is 9.99. The number of aromatic nitrogens is 2. The summed E-state index contributed by atoms with van der Waals surface area (Å²) in [5.74, 6) is 1.15. The molecule has 2 aliphatic carbocycles. The number of hydrogen-bond donors (Lipinski definition) is 3. The standard InChI is InChI=1S/C30H38N4O/c35-30(24-9-5-1-2-6-10-24)33-27-19-15-23(16-20-27)29-31-21-28(34-29)22-13-17-26(18-14-22)32-25-11-7-3-4-8-12-25/h13-21,24-25,32H,1-12H2,(H,31,34)(H,33,35). The summed E-state index contributed by atoms with van der Waals surface area (Å²) < 4.78 is 0.